The molecule has 0 aliphatic carbocycles. The van der Waals surface area contributed by atoms with Crippen LogP contribution in [0.1, 0.15) is 0 Å². The summed E-state index contributed by atoms with van der Waals surface area (Å²) >= 11 is 0. The Morgan fingerprint density at radius 1 is 0.413 bits per heavy atom. The second kappa shape index (κ2) is 23.0. The zero-order chi connectivity index (χ0) is 57.0. The first kappa shape index (κ1) is 59.5. The molecule has 0 aliphatic rings. The van der Waals surface area contributed by atoms with Gasteiger partial charge in [-0.25, -0.2) is 100 Å². The number of ether oxygens (including phenoxy) is 3. The number of benzene rings is 6. The average Bonchev–Trinajstić information content (AvgIpc) is 3.32. The molecule has 0 radical (unpaired) electrons. The number of phenols is 1. The minimum atomic E-state index is -5.23. The van der Waals surface area contributed by atoms with Crippen molar-refractivity contribution in [1.82, 2.24) is 0 Å². The molecule has 35 heteroatoms. The summed E-state index contributed by atoms with van der Waals surface area (Å²) in [5, 5.41) is 11.6. The van der Waals surface area contributed by atoms with Crippen LogP contribution in [0.15, 0.2) is 69.3 Å². The third-order valence-corrected chi connectivity index (χ3v) is 13.1. The molecule has 6 rings (SSSR count). The summed E-state index contributed by atoms with van der Waals surface area (Å²) in [6, 6.07) is 7.66. The van der Waals surface area contributed by atoms with Gasteiger partial charge in [0.25, 0.3) is 30.1 Å². The lowest BCUT2D eigenvalue weighted by molar-refractivity contribution is 0.259. The van der Waals surface area contributed by atoms with Crippen molar-refractivity contribution in [2.24, 2.45) is 5.73 Å². The Balaban J connectivity index is 0.000000244. The van der Waals surface area contributed by atoms with Crippen LogP contribution in [0.5, 0.6) is 23.0 Å². The quantitative estimate of drug-likeness (QED) is 0.0362. The highest BCUT2D eigenvalue weighted by Gasteiger charge is 2.36. The van der Waals surface area contributed by atoms with Crippen molar-refractivity contribution in [1.29, 1.82) is 0 Å². The van der Waals surface area contributed by atoms with Crippen LogP contribution in [-0.2, 0) is 30.1 Å². The Morgan fingerprint density at radius 3 is 0.960 bits per heavy atom. The van der Waals surface area contributed by atoms with Gasteiger partial charge in [0.2, 0.25) is 17.5 Å². The van der Waals surface area contributed by atoms with Gasteiger partial charge in [0.1, 0.15) is 5.75 Å². The lowest BCUT2D eigenvalue weighted by Gasteiger charge is -2.14. The van der Waals surface area contributed by atoms with E-state index in [-0.39, 0.29) is 28.6 Å². The van der Waals surface area contributed by atoms with E-state index in [1.807, 2.05) is 0 Å². The smallest absolute Gasteiger partial charge is 0.316 e. The van der Waals surface area contributed by atoms with Crippen LogP contribution in [0.4, 0.5) is 97.8 Å². The van der Waals surface area contributed by atoms with Gasteiger partial charge < -0.3 is 30.4 Å². The molecular formula is C40H25F16N5O11S3. The van der Waals surface area contributed by atoms with Crippen LogP contribution >= 0.6 is 0 Å². The fourth-order valence-electron chi connectivity index (χ4n) is 5.57. The number of rotatable bonds is 13. The van der Waals surface area contributed by atoms with E-state index in [2.05, 4.69) is 10.1 Å². The number of urea groups is 1. The Morgan fingerprint density at radius 2 is 0.680 bits per heavy atom. The molecule has 0 atom stereocenters. The van der Waals surface area contributed by atoms with Gasteiger partial charge in [0.05, 0.1) is 44.1 Å². The Labute approximate surface area is 409 Å². The van der Waals surface area contributed by atoms with Gasteiger partial charge in [-0.15, -0.1) is 0 Å². The van der Waals surface area contributed by atoms with E-state index in [9.17, 15) is 105 Å². The first-order chi connectivity index (χ1) is 34.7. The number of nitrogens with one attached hydrogen (secondary N) is 4. The van der Waals surface area contributed by atoms with Crippen LogP contribution in [0.3, 0.4) is 0 Å². The Kier molecular flexibility index (Phi) is 18.2. The zero-order valence-corrected chi connectivity index (χ0v) is 39.0. The van der Waals surface area contributed by atoms with Crippen molar-refractivity contribution >= 4 is 58.9 Å². The van der Waals surface area contributed by atoms with Gasteiger partial charge in [-0.05, 0) is 42.5 Å². The molecule has 7 N–H and O–H groups in total. The van der Waals surface area contributed by atoms with Crippen LogP contribution < -0.4 is 39.4 Å². The lowest BCUT2D eigenvalue weighted by atomic mass is 10.2. The highest BCUT2D eigenvalue weighted by Crippen LogP contribution is 2.35. The van der Waals surface area contributed by atoms with E-state index in [4.69, 9.17) is 15.2 Å². The zero-order valence-electron chi connectivity index (χ0n) is 36.6. The number of aromatic hydroxyl groups is 1. The third kappa shape index (κ3) is 12.6. The van der Waals surface area contributed by atoms with Crippen LogP contribution in [0, 0.1) is 93.1 Å². The molecule has 6 aromatic carbocycles. The van der Waals surface area contributed by atoms with E-state index in [1.54, 1.807) is 9.44 Å². The van der Waals surface area contributed by atoms with E-state index in [1.165, 1.54) is 18.9 Å². The predicted molar refractivity (Wildman–Crippen MR) is 225 cm³/mol. The number of sulfonamides is 3. The van der Waals surface area contributed by atoms with Gasteiger partial charge in [0, 0.05) is 12.1 Å². The molecule has 0 saturated carbocycles. The first-order valence-electron chi connectivity index (χ1n) is 18.8. The highest BCUT2D eigenvalue weighted by atomic mass is 32.2. The summed E-state index contributed by atoms with van der Waals surface area (Å²) in [5.41, 5.74) is 3.53. The highest BCUT2D eigenvalue weighted by molar-refractivity contribution is 7.93. The topological polar surface area (TPSA) is 242 Å². The largest absolute Gasteiger partial charge is 0.504 e. The molecule has 0 aliphatic heterocycles. The SMILES string of the molecule is COc1ccc(NS(=O)(=O)c2c(F)c(F)c(F)c(F)c2F)cc1F.COc1ccc(NS(=O)(=O)c2c(F)c(F)c(F)c(F)c2F)cc1NC(N)=O.COc1ccc(NS(=O)(=O)c2c(F)c(F)c(F)c(F)c2F)cc1O. The molecule has 0 unspecified atom stereocenters. The van der Waals surface area contributed by atoms with E-state index < -0.39 is 161 Å². The average molecular weight is 1150 g/mol. The summed E-state index contributed by atoms with van der Waals surface area (Å²) in [6.45, 7) is 0. The molecule has 0 fully saturated rings. The maximum absolute atomic E-state index is 13.7. The summed E-state index contributed by atoms with van der Waals surface area (Å²) in [6.07, 6.45) is 0. The van der Waals surface area contributed by atoms with Gasteiger partial charge in [0.15, 0.2) is 108 Å². The van der Waals surface area contributed by atoms with Crippen molar-refractivity contribution in [2.45, 2.75) is 14.7 Å². The van der Waals surface area contributed by atoms with Crippen molar-refractivity contribution in [2.75, 3.05) is 40.8 Å². The summed E-state index contributed by atoms with van der Waals surface area (Å²) in [7, 11) is -12.1. The number of phenolic OH excluding ortho intramolecular Hbond substituents is 1. The molecule has 0 bridgehead atoms. The third-order valence-electron chi connectivity index (χ3n) is 8.86. The molecule has 0 spiro atoms. The maximum atomic E-state index is 13.7. The van der Waals surface area contributed by atoms with E-state index in [0.29, 0.717) is 6.07 Å². The summed E-state index contributed by atoms with van der Waals surface area (Å²) in [5.74, 6) is -38.8. The maximum Gasteiger partial charge on any atom is 0.316 e. The normalized spacial score (nSPS) is 11.3. The second-order valence-electron chi connectivity index (χ2n) is 13.7. The summed E-state index contributed by atoms with van der Waals surface area (Å²) < 4.78 is 304. The number of nitrogens with two attached hydrogens (primary N) is 1. The number of carbonyl (C=O) groups is 1. The van der Waals surface area contributed by atoms with Crippen LogP contribution in [0.2, 0.25) is 0 Å². The van der Waals surface area contributed by atoms with E-state index in [0.717, 1.165) is 55.6 Å². The molecular weight excluding hydrogens is 1130 g/mol. The number of anilines is 4. The molecule has 406 valence electrons. The van der Waals surface area contributed by atoms with Gasteiger partial charge in [-0.2, -0.15) is 0 Å². The molecule has 16 nitrogen and oxygen atoms in total. The van der Waals surface area contributed by atoms with Crippen LogP contribution in [0.25, 0.3) is 0 Å². The standard InChI is InChI=1S/C14H10F5N3O4S.C13H7F6NO3S.C13H8F5NO4S/c1-26-7-3-2-5(4-6(7)21-14(20)23)22-27(24,25)13-11(18)9(16)8(15)10(17)12(13)19;1-23-7-3-2-5(4-6(7)14)20-24(21,22)13-11(18)9(16)8(15)10(17)12(13)19;1-23-7-3-2-5(4-6(7)20)19-24(21,22)13-11(17)9(15)8(14)10(16)12(13)18/h2-4,22H,1H3,(H3,20,21,23);2-4,20H,1H3;2-4,19-20H,1H3. The number of hydrogen-bond donors (Lipinski definition) is 6. The van der Waals surface area contributed by atoms with Gasteiger partial charge in [-0.1, -0.05) is 0 Å². The number of halogens is 16. The second-order valence-corrected chi connectivity index (χ2v) is 18.5. The van der Waals surface area contributed by atoms with Crippen molar-refractivity contribution in [3.8, 4) is 23.0 Å². The van der Waals surface area contributed by atoms with Crippen molar-refractivity contribution in [3.63, 3.8) is 0 Å². The number of carbonyl (C=O) groups excluding carboxylic acids is 1. The molecule has 75 heavy (non-hydrogen) atoms. The molecule has 0 heterocycles. The predicted octanol–water partition coefficient (Wildman–Crippen LogP) is 8.91. The summed E-state index contributed by atoms with van der Waals surface area (Å²) in [4.78, 5) is 4.79. The van der Waals surface area contributed by atoms with Crippen molar-refractivity contribution < 1.29 is 120 Å². The fraction of sp³-hybridized carbons (Fsp3) is 0.0750. The Hall–Kier alpha value is -8.08. The number of primary amides is 1. The van der Waals surface area contributed by atoms with E-state index >= 15 is 0 Å². The minimum Gasteiger partial charge on any atom is -0.504 e. The van der Waals surface area contributed by atoms with Crippen molar-refractivity contribution in [3.05, 3.63) is 148 Å². The first-order valence-corrected chi connectivity index (χ1v) is 23.2. The molecule has 2 amide bonds. The fourth-order valence-corrected chi connectivity index (χ4v) is 9.14. The molecule has 0 saturated heterocycles. The van der Waals surface area contributed by atoms with Crippen LogP contribution in [-0.4, -0.2) is 57.7 Å². The Bertz CT molecular complexity index is 3370. The monoisotopic (exact) mass is 1150 g/mol. The minimum absolute atomic E-state index is 0.0332. The number of hydrogen-bond acceptors (Lipinski definition) is 11. The van der Waals surface area contributed by atoms with Gasteiger partial charge in [-0.3, -0.25) is 14.2 Å². The molecule has 6 aromatic rings. The number of methoxy groups -OCH3 is 3. The lowest BCUT2D eigenvalue weighted by Crippen LogP contribution is -2.21. The van der Waals surface area contributed by atoms with Gasteiger partial charge >= 0.3 is 6.03 Å². The number of amides is 2. The molecule has 0 aromatic heterocycles.